The van der Waals surface area contributed by atoms with Gasteiger partial charge in [0.25, 0.3) is 0 Å². The predicted octanol–water partition coefficient (Wildman–Crippen LogP) is 3.82. The number of hydrogen-bond donors (Lipinski definition) is 2. The second-order valence-electron chi connectivity index (χ2n) is 5.34. The summed E-state index contributed by atoms with van der Waals surface area (Å²) in [5, 5.41) is 3.93. The molecule has 3 nitrogen and oxygen atoms in total. The zero-order valence-corrected chi connectivity index (χ0v) is 12.0. The molecular weight excluding hydrogens is 260 g/mol. The summed E-state index contributed by atoms with van der Waals surface area (Å²) in [6, 6.07) is 5.86. The Morgan fingerprint density at radius 2 is 2.26 bits per heavy atom. The number of anilines is 1. The van der Waals surface area contributed by atoms with Crippen LogP contribution in [-0.4, -0.2) is 11.9 Å². The Morgan fingerprint density at radius 3 is 2.89 bits per heavy atom. The molecule has 0 saturated heterocycles. The Kier molecular flexibility index (Phi) is 4.70. The predicted molar refractivity (Wildman–Crippen MR) is 79.6 cm³/mol. The first-order chi connectivity index (χ1) is 9.10. The maximum atomic E-state index is 11.1. The van der Waals surface area contributed by atoms with Crippen molar-refractivity contribution < 1.29 is 4.79 Å². The van der Waals surface area contributed by atoms with Gasteiger partial charge in [-0.3, -0.25) is 4.79 Å². The molecule has 0 aliphatic heterocycles. The lowest BCUT2D eigenvalue weighted by Crippen LogP contribution is -2.27. The van der Waals surface area contributed by atoms with Crippen molar-refractivity contribution in [3.63, 3.8) is 0 Å². The van der Waals surface area contributed by atoms with Crippen LogP contribution in [0.15, 0.2) is 18.2 Å². The summed E-state index contributed by atoms with van der Waals surface area (Å²) in [4.78, 5) is 11.1. The van der Waals surface area contributed by atoms with Crippen LogP contribution in [0.3, 0.4) is 0 Å². The van der Waals surface area contributed by atoms with Crippen LogP contribution < -0.4 is 11.1 Å². The van der Waals surface area contributed by atoms with E-state index in [1.54, 1.807) is 12.1 Å². The van der Waals surface area contributed by atoms with E-state index in [0.29, 0.717) is 16.6 Å². The summed E-state index contributed by atoms with van der Waals surface area (Å²) < 4.78 is 0. The van der Waals surface area contributed by atoms with Crippen molar-refractivity contribution in [2.24, 2.45) is 11.7 Å². The lowest BCUT2D eigenvalue weighted by Gasteiger charge is -2.30. The number of carbonyl (C=O) groups is 1. The molecule has 3 N–H and O–H groups in total. The summed E-state index contributed by atoms with van der Waals surface area (Å²) in [5.74, 6) is 0.340. The number of hydrogen-bond acceptors (Lipinski definition) is 2. The van der Waals surface area contributed by atoms with Crippen LogP contribution in [0.2, 0.25) is 5.02 Å². The van der Waals surface area contributed by atoms with Gasteiger partial charge in [-0.2, -0.15) is 0 Å². The van der Waals surface area contributed by atoms with Crippen LogP contribution in [0, 0.1) is 5.92 Å². The molecule has 0 spiro atoms. The molecule has 2 unspecified atom stereocenters. The van der Waals surface area contributed by atoms with Crippen molar-refractivity contribution in [1.29, 1.82) is 0 Å². The highest BCUT2D eigenvalue weighted by Gasteiger charge is 2.20. The molecule has 4 heteroatoms. The molecule has 1 aliphatic carbocycles. The average molecular weight is 281 g/mol. The van der Waals surface area contributed by atoms with Crippen molar-refractivity contribution in [2.45, 2.75) is 45.1 Å². The monoisotopic (exact) mass is 280 g/mol. The number of halogens is 1. The van der Waals surface area contributed by atoms with Gasteiger partial charge in [-0.25, -0.2) is 0 Å². The standard InChI is InChI=1S/C15H21ClN2O/c1-2-10-4-3-5-11(8-10)18-12-6-7-13(15(17)19)14(16)9-12/h6-7,9-11,18H,2-5,8H2,1H3,(H2,17,19). The Morgan fingerprint density at radius 1 is 1.47 bits per heavy atom. The van der Waals surface area contributed by atoms with Crippen LogP contribution >= 0.6 is 11.6 Å². The van der Waals surface area contributed by atoms with E-state index in [-0.39, 0.29) is 0 Å². The third-order valence-corrected chi connectivity index (χ3v) is 4.28. The first kappa shape index (κ1) is 14.2. The van der Waals surface area contributed by atoms with Gasteiger partial charge in [0.05, 0.1) is 10.6 Å². The molecule has 0 heterocycles. The molecule has 1 saturated carbocycles. The fraction of sp³-hybridized carbons (Fsp3) is 0.533. The molecular formula is C15H21ClN2O. The summed E-state index contributed by atoms with van der Waals surface area (Å²) in [5.41, 5.74) is 6.59. The first-order valence-corrected chi connectivity index (χ1v) is 7.33. The van der Waals surface area contributed by atoms with E-state index >= 15 is 0 Å². The van der Waals surface area contributed by atoms with Gasteiger partial charge in [0, 0.05) is 11.7 Å². The number of nitrogens with one attached hydrogen (secondary N) is 1. The minimum absolute atomic E-state index is 0.377. The van der Waals surface area contributed by atoms with Gasteiger partial charge in [0.2, 0.25) is 5.91 Å². The topological polar surface area (TPSA) is 55.1 Å². The molecule has 1 aromatic rings. The Bertz CT molecular complexity index is 461. The molecule has 0 bridgehead atoms. The molecule has 19 heavy (non-hydrogen) atoms. The fourth-order valence-corrected chi connectivity index (χ4v) is 3.11. The molecule has 1 amide bonds. The van der Waals surface area contributed by atoms with E-state index < -0.39 is 5.91 Å². The quantitative estimate of drug-likeness (QED) is 0.881. The highest BCUT2D eigenvalue weighted by Crippen LogP contribution is 2.29. The van der Waals surface area contributed by atoms with E-state index in [1.165, 1.54) is 32.1 Å². The van der Waals surface area contributed by atoms with Gasteiger partial charge in [-0.15, -0.1) is 0 Å². The Hall–Kier alpha value is -1.22. The molecule has 1 fully saturated rings. The van der Waals surface area contributed by atoms with E-state index in [2.05, 4.69) is 12.2 Å². The normalized spacial score (nSPS) is 23.1. The van der Waals surface area contributed by atoms with Gasteiger partial charge < -0.3 is 11.1 Å². The average Bonchev–Trinajstić information content (AvgIpc) is 2.38. The summed E-state index contributed by atoms with van der Waals surface area (Å²) in [7, 11) is 0. The minimum atomic E-state index is -0.486. The SMILES string of the molecule is CCC1CCCC(Nc2ccc(C(N)=O)c(Cl)c2)C1. The Labute approximate surface area is 119 Å². The lowest BCUT2D eigenvalue weighted by molar-refractivity contribution is 0.100. The number of carbonyl (C=O) groups excluding carboxylic acids is 1. The van der Waals surface area contributed by atoms with Crippen LogP contribution in [0.1, 0.15) is 49.4 Å². The first-order valence-electron chi connectivity index (χ1n) is 6.96. The fourth-order valence-electron chi connectivity index (χ4n) is 2.83. The van der Waals surface area contributed by atoms with Crippen molar-refractivity contribution in [2.75, 3.05) is 5.32 Å². The lowest BCUT2D eigenvalue weighted by atomic mass is 9.84. The van der Waals surface area contributed by atoms with Gasteiger partial charge >= 0.3 is 0 Å². The molecule has 1 aliphatic rings. The van der Waals surface area contributed by atoms with Crippen molar-refractivity contribution >= 4 is 23.2 Å². The molecule has 0 radical (unpaired) electrons. The minimum Gasteiger partial charge on any atom is -0.382 e. The van der Waals surface area contributed by atoms with E-state index in [0.717, 1.165) is 11.6 Å². The number of benzene rings is 1. The van der Waals surface area contributed by atoms with Crippen LogP contribution in [0.25, 0.3) is 0 Å². The largest absolute Gasteiger partial charge is 0.382 e. The third-order valence-electron chi connectivity index (χ3n) is 3.97. The van der Waals surface area contributed by atoms with E-state index in [1.807, 2.05) is 6.07 Å². The highest BCUT2D eigenvalue weighted by molar-refractivity contribution is 6.34. The smallest absolute Gasteiger partial charge is 0.250 e. The number of primary amides is 1. The number of amides is 1. The van der Waals surface area contributed by atoms with Crippen LogP contribution in [0.4, 0.5) is 5.69 Å². The number of nitrogens with two attached hydrogens (primary N) is 1. The number of rotatable bonds is 4. The van der Waals surface area contributed by atoms with Crippen LogP contribution in [-0.2, 0) is 0 Å². The van der Waals surface area contributed by atoms with Gasteiger partial charge in [0.1, 0.15) is 0 Å². The molecule has 1 aromatic carbocycles. The van der Waals surface area contributed by atoms with Gasteiger partial charge in [0.15, 0.2) is 0 Å². The molecule has 2 rings (SSSR count). The Balaban J connectivity index is 2.03. The summed E-state index contributed by atoms with van der Waals surface area (Å²) >= 11 is 6.06. The zero-order valence-electron chi connectivity index (χ0n) is 11.3. The maximum Gasteiger partial charge on any atom is 0.250 e. The summed E-state index contributed by atoms with van der Waals surface area (Å²) in [6.07, 6.45) is 6.29. The summed E-state index contributed by atoms with van der Waals surface area (Å²) in [6.45, 7) is 2.26. The highest BCUT2D eigenvalue weighted by atomic mass is 35.5. The van der Waals surface area contributed by atoms with Crippen molar-refractivity contribution in [1.82, 2.24) is 0 Å². The van der Waals surface area contributed by atoms with Crippen LogP contribution in [0.5, 0.6) is 0 Å². The van der Waals surface area contributed by atoms with E-state index in [4.69, 9.17) is 17.3 Å². The van der Waals surface area contributed by atoms with E-state index in [9.17, 15) is 4.79 Å². The maximum absolute atomic E-state index is 11.1. The van der Waals surface area contributed by atoms with Gasteiger partial charge in [-0.05, 0) is 37.0 Å². The van der Waals surface area contributed by atoms with Gasteiger partial charge in [-0.1, -0.05) is 37.8 Å². The van der Waals surface area contributed by atoms with Crippen molar-refractivity contribution in [3.8, 4) is 0 Å². The zero-order chi connectivity index (χ0) is 13.8. The van der Waals surface area contributed by atoms with Crippen molar-refractivity contribution in [3.05, 3.63) is 28.8 Å². The molecule has 0 aromatic heterocycles. The third kappa shape index (κ3) is 3.63. The second kappa shape index (κ2) is 6.29. The second-order valence-corrected chi connectivity index (χ2v) is 5.75. The molecule has 2 atom stereocenters. The molecule has 104 valence electrons.